The SMILES string of the molecule is c1ccc(-c2c3cccnc3c(-c3ccccc3)c3cccnc23)cc1. The Balaban J connectivity index is 2.02. The average Bonchev–Trinajstić information content (AvgIpc) is 2.73. The third-order valence-corrected chi connectivity index (χ3v) is 4.75. The maximum atomic E-state index is 4.77. The number of fused-ring (bicyclic) bond motifs is 2. The average molecular weight is 332 g/mol. The molecule has 2 heterocycles. The van der Waals surface area contributed by atoms with Crippen LogP contribution in [0.3, 0.4) is 0 Å². The molecule has 0 unspecified atom stereocenters. The first-order chi connectivity index (χ1) is 12.9. The van der Waals surface area contributed by atoms with E-state index >= 15 is 0 Å². The highest BCUT2D eigenvalue weighted by molar-refractivity contribution is 6.18. The van der Waals surface area contributed by atoms with Crippen LogP contribution in [0.4, 0.5) is 0 Å². The third kappa shape index (κ3) is 2.27. The van der Waals surface area contributed by atoms with E-state index < -0.39 is 0 Å². The van der Waals surface area contributed by atoms with E-state index in [2.05, 4.69) is 60.7 Å². The molecule has 0 saturated carbocycles. The first-order valence-corrected chi connectivity index (χ1v) is 8.70. The first kappa shape index (κ1) is 14.8. The Kier molecular flexibility index (Phi) is 3.46. The van der Waals surface area contributed by atoms with E-state index in [9.17, 15) is 0 Å². The molecule has 0 bridgehead atoms. The smallest absolute Gasteiger partial charge is 0.0794 e. The summed E-state index contributed by atoms with van der Waals surface area (Å²) in [6.45, 7) is 0. The molecule has 0 N–H and O–H groups in total. The van der Waals surface area contributed by atoms with Gasteiger partial charge >= 0.3 is 0 Å². The van der Waals surface area contributed by atoms with Crippen LogP contribution in [-0.2, 0) is 0 Å². The van der Waals surface area contributed by atoms with Gasteiger partial charge in [0.2, 0.25) is 0 Å². The van der Waals surface area contributed by atoms with E-state index in [0.717, 1.165) is 44.1 Å². The van der Waals surface area contributed by atoms with Crippen LogP contribution >= 0.6 is 0 Å². The molecule has 0 fully saturated rings. The number of aromatic nitrogens is 2. The van der Waals surface area contributed by atoms with Gasteiger partial charge < -0.3 is 0 Å². The normalized spacial score (nSPS) is 11.1. The summed E-state index contributed by atoms with van der Waals surface area (Å²) in [6, 6.07) is 29.2. The van der Waals surface area contributed by atoms with Crippen LogP contribution in [0.2, 0.25) is 0 Å². The van der Waals surface area contributed by atoms with Gasteiger partial charge in [-0.1, -0.05) is 72.8 Å². The van der Waals surface area contributed by atoms with E-state index in [-0.39, 0.29) is 0 Å². The molecule has 5 aromatic rings. The topological polar surface area (TPSA) is 25.8 Å². The van der Waals surface area contributed by atoms with E-state index in [1.165, 1.54) is 0 Å². The van der Waals surface area contributed by atoms with Crippen molar-refractivity contribution < 1.29 is 0 Å². The van der Waals surface area contributed by atoms with Crippen molar-refractivity contribution in [2.24, 2.45) is 0 Å². The van der Waals surface area contributed by atoms with Gasteiger partial charge in [0.05, 0.1) is 11.0 Å². The highest BCUT2D eigenvalue weighted by atomic mass is 14.7. The van der Waals surface area contributed by atoms with Crippen molar-refractivity contribution in [2.45, 2.75) is 0 Å². The van der Waals surface area contributed by atoms with Gasteiger partial charge in [-0.3, -0.25) is 9.97 Å². The highest BCUT2D eigenvalue weighted by Crippen LogP contribution is 2.41. The van der Waals surface area contributed by atoms with Crippen molar-refractivity contribution in [3.05, 3.63) is 97.3 Å². The minimum absolute atomic E-state index is 1.01. The van der Waals surface area contributed by atoms with Crippen LogP contribution in [0.1, 0.15) is 0 Å². The Morgan fingerprint density at radius 3 is 1.27 bits per heavy atom. The van der Waals surface area contributed by atoms with E-state index in [1.54, 1.807) is 0 Å². The van der Waals surface area contributed by atoms with Gasteiger partial charge in [-0.2, -0.15) is 0 Å². The molecule has 0 aliphatic carbocycles. The molecule has 2 aromatic heterocycles. The lowest BCUT2D eigenvalue weighted by Gasteiger charge is -2.15. The maximum Gasteiger partial charge on any atom is 0.0794 e. The summed E-state index contributed by atoms with van der Waals surface area (Å²) >= 11 is 0. The van der Waals surface area contributed by atoms with Gasteiger partial charge in [0, 0.05) is 34.3 Å². The van der Waals surface area contributed by atoms with Crippen molar-refractivity contribution in [3.63, 3.8) is 0 Å². The molecule has 0 amide bonds. The summed E-state index contributed by atoms with van der Waals surface area (Å²) in [4.78, 5) is 9.53. The van der Waals surface area contributed by atoms with E-state index in [1.807, 2.05) is 36.7 Å². The largest absolute Gasteiger partial charge is 0.256 e. The molecule has 2 heteroatoms. The summed E-state index contributed by atoms with van der Waals surface area (Å²) in [7, 11) is 0. The quantitative estimate of drug-likeness (QED) is 0.364. The Bertz CT molecular complexity index is 1060. The second-order valence-corrected chi connectivity index (χ2v) is 6.28. The Morgan fingerprint density at radius 2 is 0.846 bits per heavy atom. The minimum Gasteiger partial charge on any atom is -0.256 e. The van der Waals surface area contributed by atoms with Crippen molar-refractivity contribution in [1.82, 2.24) is 9.97 Å². The number of hydrogen-bond acceptors (Lipinski definition) is 2. The molecule has 26 heavy (non-hydrogen) atoms. The van der Waals surface area contributed by atoms with Crippen LogP contribution in [0.15, 0.2) is 97.3 Å². The molecular formula is C24H16N2. The molecule has 2 nitrogen and oxygen atoms in total. The lowest BCUT2D eigenvalue weighted by Crippen LogP contribution is -1.93. The zero-order valence-electron chi connectivity index (χ0n) is 14.1. The summed E-state index contributed by atoms with van der Waals surface area (Å²) < 4.78 is 0. The standard InChI is InChI=1S/C24H16N2/c1-3-9-17(10-4-1)21-19-13-7-16-26-24(19)22(18-11-5-2-6-12-18)20-14-8-15-25-23(20)21/h1-16H. The van der Waals surface area contributed by atoms with Crippen LogP contribution in [0.5, 0.6) is 0 Å². The number of hydrogen-bond donors (Lipinski definition) is 0. The molecule has 5 rings (SSSR count). The number of nitrogens with zero attached hydrogens (tertiary/aromatic N) is 2. The van der Waals surface area contributed by atoms with Crippen molar-refractivity contribution in [2.75, 3.05) is 0 Å². The fourth-order valence-corrected chi connectivity index (χ4v) is 3.66. The number of benzene rings is 3. The second-order valence-electron chi connectivity index (χ2n) is 6.28. The molecule has 0 spiro atoms. The lowest BCUT2D eigenvalue weighted by atomic mass is 9.90. The van der Waals surface area contributed by atoms with Gasteiger partial charge in [-0.05, 0) is 23.3 Å². The minimum atomic E-state index is 1.01. The van der Waals surface area contributed by atoms with Gasteiger partial charge in [0.25, 0.3) is 0 Å². The lowest BCUT2D eigenvalue weighted by molar-refractivity contribution is 1.39. The zero-order chi connectivity index (χ0) is 17.3. The number of rotatable bonds is 2. The van der Waals surface area contributed by atoms with Crippen LogP contribution in [0.25, 0.3) is 44.1 Å². The predicted octanol–water partition coefficient (Wildman–Crippen LogP) is 6.12. The molecule has 3 aromatic carbocycles. The summed E-state index contributed by atoms with van der Waals surface area (Å²) in [5.41, 5.74) is 6.63. The van der Waals surface area contributed by atoms with Crippen molar-refractivity contribution in [3.8, 4) is 22.3 Å². The van der Waals surface area contributed by atoms with Crippen molar-refractivity contribution >= 4 is 21.8 Å². The molecule has 122 valence electrons. The van der Waals surface area contributed by atoms with E-state index in [4.69, 9.17) is 9.97 Å². The van der Waals surface area contributed by atoms with Gasteiger partial charge in [0.15, 0.2) is 0 Å². The van der Waals surface area contributed by atoms with Gasteiger partial charge in [-0.25, -0.2) is 0 Å². The van der Waals surface area contributed by atoms with Crippen molar-refractivity contribution in [1.29, 1.82) is 0 Å². The molecule has 0 aliphatic heterocycles. The van der Waals surface area contributed by atoms with Gasteiger partial charge in [0.1, 0.15) is 0 Å². The molecular weight excluding hydrogens is 316 g/mol. The summed E-state index contributed by atoms with van der Waals surface area (Å²) in [5.74, 6) is 0. The monoisotopic (exact) mass is 332 g/mol. The number of pyridine rings is 2. The Morgan fingerprint density at radius 1 is 0.423 bits per heavy atom. The fourth-order valence-electron chi connectivity index (χ4n) is 3.66. The molecule has 0 saturated heterocycles. The van der Waals surface area contributed by atoms with Gasteiger partial charge in [-0.15, -0.1) is 0 Å². The fraction of sp³-hybridized carbons (Fsp3) is 0. The summed E-state index contributed by atoms with van der Waals surface area (Å²) in [5, 5.41) is 2.26. The first-order valence-electron chi connectivity index (χ1n) is 8.70. The highest BCUT2D eigenvalue weighted by Gasteiger charge is 2.17. The molecule has 0 aliphatic rings. The Labute approximate surface area is 151 Å². The maximum absolute atomic E-state index is 4.77. The van der Waals surface area contributed by atoms with Crippen LogP contribution in [-0.4, -0.2) is 9.97 Å². The summed E-state index contributed by atoms with van der Waals surface area (Å²) in [6.07, 6.45) is 3.73. The van der Waals surface area contributed by atoms with Crippen LogP contribution in [0, 0.1) is 0 Å². The van der Waals surface area contributed by atoms with E-state index in [0.29, 0.717) is 0 Å². The van der Waals surface area contributed by atoms with Crippen LogP contribution < -0.4 is 0 Å². The zero-order valence-corrected chi connectivity index (χ0v) is 14.1. The predicted molar refractivity (Wildman–Crippen MR) is 108 cm³/mol. The third-order valence-electron chi connectivity index (χ3n) is 4.75. The molecule has 0 atom stereocenters. The molecule has 0 radical (unpaired) electrons. The Hall–Kier alpha value is -3.52. The second kappa shape index (κ2) is 6.08.